The van der Waals surface area contributed by atoms with Crippen molar-refractivity contribution in [3.05, 3.63) is 48.0 Å². The summed E-state index contributed by atoms with van der Waals surface area (Å²) in [6.07, 6.45) is 1.04. The van der Waals surface area contributed by atoms with Gasteiger partial charge in [0.25, 0.3) is 0 Å². The van der Waals surface area contributed by atoms with Crippen molar-refractivity contribution in [3.63, 3.8) is 0 Å². The number of nitrogens with one attached hydrogen (secondary N) is 1. The number of ether oxygens (including phenoxy) is 2. The van der Waals surface area contributed by atoms with Crippen molar-refractivity contribution in [2.24, 2.45) is 0 Å². The number of rotatable bonds is 6. The molecule has 132 valence electrons. The fourth-order valence-corrected chi connectivity index (χ4v) is 3.43. The molecular weight excluding hydrogens is 334 g/mol. The standard InChI is InChI=1S/C20H23NO3S/c1-3-14(2)16-6-4-5-7-17(16)21-20(22)13-25-15-8-9-18-19(12-15)24-11-10-23-18/h4-9,12,14H,3,10-11,13H2,1-2H3,(H,21,22)/t14-/m0/s1. The average molecular weight is 357 g/mol. The highest BCUT2D eigenvalue weighted by Crippen LogP contribution is 2.34. The fourth-order valence-electron chi connectivity index (χ4n) is 2.71. The molecule has 1 atom stereocenters. The lowest BCUT2D eigenvalue weighted by atomic mass is 9.97. The van der Waals surface area contributed by atoms with Gasteiger partial charge in [-0.15, -0.1) is 11.8 Å². The Bertz CT molecular complexity index is 747. The van der Waals surface area contributed by atoms with Gasteiger partial charge in [-0.25, -0.2) is 0 Å². The van der Waals surface area contributed by atoms with E-state index in [1.165, 1.54) is 17.3 Å². The predicted molar refractivity (Wildman–Crippen MR) is 102 cm³/mol. The Balaban J connectivity index is 1.60. The molecule has 0 spiro atoms. The van der Waals surface area contributed by atoms with E-state index < -0.39 is 0 Å². The number of carbonyl (C=O) groups excluding carboxylic acids is 1. The fraction of sp³-hybridized carbons (Fsp3) is 0.350. The molecular formula is C20H23NO3S. The van der Waals surface area contributed by atoms with Gasteiger partial charge in [-0.2, -0.15) is 0 Å². The van der Waals surface area contributed by atoms with Gasteiger partial charge in [-0.1, -0.05) is 32.0 Å². The minimum absolute atomic E-state index is 0.00404. The zero-order valence-electron chi connectivity index (χ0n) is 14.6. The maximum Gasteiger partial charge on any atom is 0.234 e. The summed E-state index contributed by atoms with van der Waals surface area (Å²) in [6.45, 7) is 5.47. The Kier molecular flexibility index (Phi) is 5.87. The number of amides is 1. The average Bonchev–Trinajstić information content (AvgIpc) is 2.66. The van der Waals surface area contributed by atoms with Crippen LogP contribution in [0.1, 0.15) is 31.7 Å². The maximum absolute atomic E-state index is 12.3. The highest BCUT2D eigenvalue weighted by molar-refractivity contribution is 8.00. The first-order chi connectivity index (χ1) is 12.2. The first kappa shape index (κ1) is 17.7. The Morgan fingerprint density at radius 3 is 2.72 bits per heavy atom. The quantitative estimate of drug-likeness (QED) is 0.761. The zero-order chi connectivity index (χ0) is 17.6. The molecule has 4 nitrogen and oxygen atoms in total. The molecule has 0 bridgehead atoms. The molecule has 0 saturated carbocycles. The molecule has 1 heterocycles. The van der Waals surface area contributed by atoms with Crippen molar-refractivity contribution >= 4 is 23.4 Å². The predicted octanol–water partition coefficient (Wildman–Crippen LogP) is 4.70. The highest BCUT2D eigenvalue weighted by Gasteiger charge is 2.14. The van der Waals surface area contributed by atoms with Crippen LogP contribution < -0.4 is 14.8 Å². The Hall–Kier alpha value is -2.14. The monoisotopic (exact) mass is 357 g/mol. The Morgan fingerprint density at radius 2 is 1.92 bits per heavy atom. The van der Waals surface area contributed by atoms with Crippen LogP contribution in [0.3, 0.4) is 0 Å². The molecule has 5 heteroatoms. The van der Waals surface area contributed by atoms with Crippen LogP contribution in [0, 0.1) is 0 Å². The van der Waals surface area contributed by atoms with Crippen LogP contribution in [0.2, 0.25) is 0 Å². The van der Waals surface area contributed by atoms with Crippen molar-refractivity contribution < 1.29 is 14.3 Å². The summed E-state index contributed by atoms with van der Waals surface area (Å²) < 4.78 is 11.1. The van der Waals surface area contributed by atoms with Gasteiger partial charge in [-0.05, 0) is 42.2 Å². The lowest BCUT2D eigenvalue weighted by Gasteiger charge is -2.18. The van der Waals surface area contributed by atoms with Gasteiger partial charge in [0, 0.05) is 10.6 Å². The van der Waals surface area contributed by atoms with E-state index in [0.29, 0.717) is 24.9 Å². The lowest BCUT2D eigenvalue weighted by molar-refractivity contribution is -0.113. The SMILES string of the molecule is CC[C@H](C)c1ccccc1NC(=O)CSc1ccc2c(c1)OCCO2. The van der Waals surface area contributed by atoms with E-state index >= 15 is 0 Å². The molecule has 0 radical (unpaired) electrons. The van der Waals surface area contributed by atoms with E-state index in [4.69, 9.17) is 9.47 Å². The number of fused-ring (bicyclic) bond motifs is 1. The summed E-state index contributed by atoms with van der Waals surface area (Å²) in [5.74, 6) is 2.29. The molecule has 3 rings (SSSR count). The third-order valence-electron chi connectivity index (χ3n) is 4.26. The van der Waals surface area contributed by atoms with Gasteiger partial charge in [0.05, 0.1) is 5.75 Å². The van der Waals surface area contributed by atoms with E-state index in [9.17, 15) is 4.79 Å². The van der Waals surface area contributed by atoms with E-state index in [0.717, 1.165) is 28.5 Å². The Morgan fingerprint density at radius 1 is 1.16 bits per heavy atom. The van der Waals surface area contributed by atoms with Crippen molar-refractivity contribution in [2.45, 2.75) is 31.1 Å². The van der Waals surface area contributed by atoms with Crippen LogP contribution in [0.4, 0.5) is 5.69 Å². The van der Waals surface area contributed by atoms with Crippen molar-refractivity contribution in [2.75, 3.05) is 24.3 Å². The topological polar surface area (TPSA) is 47.6 Å². The van der Waals surface area contributed by atoms with Gasteiger partial charge in [0.2, 0.25) is 5.91 Å². The van der Waals surface area contributed by atoms with E-state index in [1.807, 2.05) is 36.4 Å². The molecule has 0 aliphatic carbocycles. The molecule has 1 N–H and O–H groups in total. The molecule has 2 aromatic carbocycles. The van der Waals surface area contributed by atoms with Crippen LogP contribution in [0.25, 0.3) is 0 Å². The number of para-hydroxylation sites is 1. The number of carbonyl (C=O) groups is 1. The number of benzene rings is 2. The normalized spacial score (nSPS) is 14.0. The lowest BCUT2D eigenvalue weighted by Crippen LogP contribution is -2.16. The van der Waals surface area contributed by atoms with Crippen LogP contribution in [0.15, 0.2) is 47.4 Å². The summed E-state index contributed by atoms with van der Waals surface area (Å²) in [5, 5.41) is 3.04. The first-order valence-electron chi connectivity index (χ1n) is 8.58. The molecule has 1 amide bonds. The molecule has 2 aromatic rings. The maximum atomic E-state index is 12.3. The van der Waals surface area contributed by atoms with Crippen LogP contribution in [0.5, 0.6) is 11.5 Å². The summed E-state index contributed by atoms with van der Waals surface area (Å²) in [7, 11) is 0. The largest absolute Gasteiger partial charge is 0.486 e. The summed E-state index contributed by atoms with van der Waals surface area (Å²) in [6, 6.07) is 13.8. The second-order valence-electron chi connectivity index (χ2n) is 6.04. The second kappa shape index (κ2) is 8.30. The second-order valence-corrected chi connectivity index (χ2v) is 7.09. The third-order valence-corrected chi connectivity index (χ3v) is 5.26. The van der Waals surface area contributed by atoms with Crippen molar-refractivity contribution in [3.8, 4) is 11.5 Å². The van der Waals surface area contributed by atoms with Crippen molar-refractivity contribution in [1.82, 2.24) is 0 Å². The Labute approximate surface area is 152 Å². The van der Waals surface area contributed by atoms with Crippen LogP contribution in [-0.4, -0.2) is 24.9 Å². The number of anilines is 1. The van der Waals surface area contributed by atoms with Gasteiger partial charge in [0.15, 0.2) is 11.5 Å². The molecule has 1 aliphatic rings. The minimum atomic E-state index is -0.00404. The molecule has 1 aliphatic heterocycles. The van der Waals surface area contributed by atoms with Gasteiger partial charge >= 0.3 is 0 Å². The third kappa shape index (κ3) is 4.48. The van der Waals surface area contributed by atoms with Crippen LogP contribution in [-0.2, 0) is 4.79 Å². The number of hydrogen-bond donors (Lipinski definition) is 1. The summed E-state index contributed by atoms with van der Waals surface area (Å²) in [5.41, 5.74) is 2.09. The number of hydrogen-bond acceptors (Lipinski definition) is 4. The first-order valence-corrected chi connectivity index (χ1v) is 9.57. The summed E-state index contributed by atoms with van der Waals surface area (Å²) >= 11 is 1.49. The number of thioether (sulfide) groups is 1. The van der Waals surface area contributed by atoms with Crippen molar-refractivity contribution in [1.29, 1.82) is 0 Å². The molecule has 0 fully saturated rings. The van der Waals surface area contributed by atoms with E-state index in [2.05, 4.69) is 25.2 Å². The van der Waals surface area contributed by atoms with Gasteiger partial charge < -0.3 is 14.8 Å². The molecule has 0 saturated heterocycles. The van der Waals surface area contributed by atoms with Gasteiger partial charge in [0.1, 0.15) is 13.2 Å². The summed E-state index contributed by atoms with van der Waals surface area (Å²) in [4.78, 5) is 13.3. The molecule has 0 unspecified atom stereocenters. The minimum Gasteiger partial charge on any atom is -0.486 e. The smallest absolute Gasteiger partial charge is 0.234 e. The molecule has 25 heavy (non-hydrogen) atoms. The molecule has 0 aromatic heterocycles. The highest BCUT2D eigenvalue weighted by atomic mass is 32.2. The van der Waals surface area contributed by atoms with E-state index in [-0.39, 0.29) is 5.91 Å². The van der Waals surface area contributed by atoms with Crippen LogP contribution >= 0.6 is 11.8 Å². The zero-order valence-corrected chi connectivity index (χ0v) is 15.4. The van der Waals surface area contributed by atoms with Gasteiger partial charge in [-0.3, -0.25) is 4.79 Å². The van der Waals surface area contributed by atoms with E-state index in [1.54, 1.807) is 0 Å².